The third-order valence-electron chi connectivity index (χ3n) is 3.39. The van der Waals surface area contributed by atoms with Crippen LogP contribution in [0, 0.1) is 13.8 Å². The first kappa shape index (κ1) is 15.7. The van der Waals surface area contributed by atoms with Crippen LogP contribution in [0.15, 0.2) is 47.6 Å². The number of rotatable bonds is 4. The summed E-state index contributed by atoms with van der Waals surface area (Å²) in [6.45, 7) is 7.39. The molecule has 0 radical (unpaired) electrons. The molecule has 0 amide bonds. The summed E-state index contributed by atoms with van der Waals surface area (Å²) < 4.78 is 28.0. The zero-order valence-corrected chi connectivity index (χ0v) is 13.5. The Morgan fingerprint density at radius 2 is 1.86 bits per heavy atom. The molecule has 1 heterocycles. The highest BCUT2D eigenvalue weighted by Crippen LogP contribution is 2.24. The van der Waals surface area contributed by atoms with Gasteiger partial charge in [0.05, 0.1) is 10.4 Å². The van der Waals surface area contributed by atoms with E-state index in [1.54, 1.807) is 37.5 Å². The van der Waals surface area contributed by atoms with Crippen LogP contribution in [0.25, 0.3) is 0 Å². The van der Waals surface area contributed by atoms with Crippen molar-refractivity contribution in [2.24, 2.45) is 0 Å². The van der Waals surface area contributed by atoms with Crippen molar-refractivity contribution < 1.29 is 8.42 Å². The van der Waals surface area contributed by atoms with Crippen LogP contribution >= 0.6 is 0 Å². The van der Waals surface area contributed by atoms with E-state index in [1.807, 2.05) is 32.9 Å². The summed E-state index contributed by atoms with van der Waals surface area (Å²) in [5.41, 5.74) is 1.87. The topological polar surface area (TPSA) is 59.1 Å². The van der Waals surface area contributed by atoms with Crippen molar-refractivity contribution >= 4 is 10.0 Å². The van der Waals surface area contributed by atoms with Crippen LogP contribution in [0.5, 0.6) is 0 Å². The summed E-state index contributed by atoms with van der Waals surface area (Å²) >= 11 is 0. The Bertz CT molecular complexity index is 738. The van der Waals surface area contributed by atoms with E-state index < -0.39 is 15.6 Å². The highest BCUT2D eigenvalue weighted by atomic mass is 32.2. The van der Waals surface area contributed by atoms with Crippen LogP contribution in [0.3, 0.4) is 0 Å². The van der Waals surface area contributed by atoms with Gasteiger partial charge in [-0.2, -0.15) is 0 Å². The molecule has 0 bridgehead atoms. The number of nitrogens with one attached hydrogen (secondary N) is 1. The fourth-order valence-electron chi connectivity index (χ4n) is 2.28. The van der Waals surface area contributed by atoms with Crippen LogP contribution < -0.4 is 4.72 Å². The van der Waals surface area contributed by atoms with E-state index in [1.165, 1.54) is 0 Å². The van der Waals surface area contributed by atoms with Gasteiger partial charge in [-0.1, -0.05) is 23.8 Å². The molecule has 0 fully saturated rings. The van der Waals surface area contributed by atoms with Crippen LogP contribution in [-0.4, -0.2) is 13.4 Å². The average molecular weight is 304 g/mol. The lowest BCUT2D eigenvalue weighted by molar-refractivity contribution is 0.470. The van der Waals surface area contributed by atoms with Gasteiger partial charge in [-0.15, -0.1) is 0 Å². The van der Waals surface area contributed by atoms with Crippen molar-refractivity contribution in [3.05, 3.63) is 59.4 Å². The van der Waals surface area contributed by atoms with Crippen molar-refractivity contribution in [1.82, 2.24) is 9.71 Å². The molecule has 0 aliphatic carbocycles. The fourth-order valence-corrected chi connectivity index (χ4v) is 3.91. The van der Waals surface area contributed by atoms with Crippen LogP contribution in [0.4, 0.5) is 0 Å². The quantitative estimate of drug-likeness (QED) is 0.945. The minimum absolute atomic E-state index is 0.310. The Balaban J connectivity index is 2.37. The van der Waals surface area contributed by atoms with Crippen molar-refractivity contribution in [3.8, 4) is 0 Å². The van der Waals surface area contributed by atoms with Gasteiger partial charge >= 0.3 is 0 Å². The molecule has 0 saturated heterocycles. The van der Waals surface area contributed by atoms with Crippen LogP contribution in [0.2, 0.25) is 0 Å². The van der Waals surface area contributed by atoms with Crippen molar-refractivity contribution in [1.29, 1.82) is 0 Å². The maximum atomic E-state index is 12.6. The van der Waals surface area contributed by atoms with E-state index in [0.717, 1.165) is 16.7 Å². The molecule has 0 atom stereocenters. The van der Waals surface area contributed by atoms with Gasteiger partial charge in [-0.25, -0.2) is 13.1 Å². The lowest BCUT2D eigenvalue weighted by Gasteiger charge is -2.26. The lowest BCUT2D eigenvalue weighted by atomic mass is 9.98. The zero-order valence-electron chi connectivity index (χ0n) is 12.7. The normalized spacial score (nSPS) is 12.4. The minimum atomic E-state index is -3.59. The summed E-state index contributed by atoms with van der Waals surface area (Å²) in [5, 5.41) is 0. The molecular formula is C16H20N2O2S. The molecule has 2 aromatic rings. The van der Waals surface area contributed by atoms with E-state index in [-0.39, 0.29) is 0 Å². The monoisotopic (exact) mass is 304 g/mol. The van der Waals surface area contributed by atoms with Gasteiger partial charge in [0.2, 0.25) is 10.0 Å². The molecule has 0 saturated carbocycles. The third kappa shape index (κ3) is 3.49. The highest BCUT2D eigenvalue weighted by Gasteiger charge is 2.28. The molecule has 21 heavy (non-hydrogen) atoms. The lowest BCUT2D eigenvalue weighted by Crippen LogP contribution is -2.41. The number of aryl methyl sites for hydroxylation is 2. The molecule has 1 aromatic heterocycles. The number of hydrogen-bond acceptors (Lipinski definition) is 3. The number of aromatic nitrogens is 1. The smallest absolute Gasteiger partial charge is 0.241 e. The number of benzene rings is 1. The van der Waals surface area contributed by atoms with Crippen molar-refractivity contribution in [2.45, 2.75) is 38.1 Å². The largest absolute Gasteiger partial charge is 0.264 e. The van der Waals surface area contributed by atoms with Gasteiger partial charge in [0.15, 0.2) is 0 Å². The predicted molar refractivity (Wildman–Crippen MR) is 83.5 cm³/mol. The molecule has 112 valence electrons. The first-order valence-corrected chi connectivity index (χ1v) is 8.22. The Morgan fingerprint density at radius 3 is 2.43 bits per heavy atom. The maximum absolute atomic E-state index is 12.6. The Morgan fingerprint density at radius 1 is 1.14 bits per heavy atom. The van der Waals surface area contributed by atoms with Crippen molar-refractivity contribution in [3.63, 3.8) is 0 Å². The van der Waals surface area contributed by atoms with Crippen molar-refractivity contribution in [2.75, 3.05) is 0 Å². The standard InChI is InChI=1S/C16H20N2O2S/c1-12-7-8-15(13(2)10-12)21(19,20)18-16(3,4)14-6-5-9-17-11-14/h5-11,18H,1-4H3. The molecule has 1 N–H and O–H groups in total. The Labute approximate surface area is 126 Å². The van der Waals surface area contributed by atoms with E-state index >= 15 is 0 Å². The van der Waals surface area contributed by atoms with Gasteiger partial charge in [-0.3, -0.25) is 4.98 Å². The second-order valence-electron chi connectivity index (χ2n) is 5.74. The van der Waals surface area contributed by atoms with Gasteiger partial charge in [0.25, 0.3) is 0 Å². The number of pyridine rings is 1. The predicted octanol–water partition coefficient (Wildman–Crippen LogP) is 2.91. The number of nitrogens with zero attached hydrogens (tertiary/aromatic N) is 1. The molecule has 4 nitrogen and oxygen atoms in total. The molecule has 2 rings (SSSR count). The molecule has 5 heteroatoms. The third-order valence-corrected chi connectivity index (χ3v) is 5.21. The molecule has 1 aromatic carbocycles. The maximum Gasteiger partial charge on any atom is 0.241 e. The summed E-state index contributed by atoms with van der Waals surface area (Å²) in [4.78, 5) is 4.36. The van der Waals surface area contributed by atoms with Crippen LogP contribution in [0.1, 0.15) is 30.5 Å². The molecule has 0 unspecified atom stereocenters. The average Bonchev–Trinajstić information content (AvgIpc) is 2.38. The SMILES string of the molecule is Cc1ccc(S(=O)(=O)NC(C)(C)c2cccnc2)c(C)c1. The fraction of sp³-hybridized carbons (Fsp3) is 0.312. The summed E-state index contributed by atoms with van der Waals surface area (Å²) in [6.07, 6.45) is 3.34. The Hall–Kier alpha value is -1.72. The second kappa shape index (κ2) is 5.58. The van der Waals surface area contributed by atoms with E-state index in [0.29, 0.717) is 4.90 Å². The first-order chi connectivity index (χ1) is 9.72. The minimum Gasteiger partial charge on any atom is -0.264 e. The van der Waals surface area contributed by atoms with Gasteiger partial charge in [0.1, 0.15) is 0 Å². The van der Waals surface area contributed by atoms with E-state index in [4.69, 9.17) is 0 Å². The first-order valence-electron chi connectivity index (χ1n) is 6.74. The van der Waals surface area contributed by atoms with Gasteiger partial charge in [-0.05, 0) is 51.0 Å². The molecular weight excluding hydrogens is 284 g/mol. The Kier molecular flexibility index (Phi) is 4.16. The van der Waals surface area contributed by atoms with E-state index in [9.17, 15) is 8.42 Å². The molecule has 0 aliphatic rings. The highest BCUT2D eigenvalue weighted by molar-refractivity contribution is 7.89. The van der Waals surface area contributed by atoms with Gasteiger partial charge < -0.3 is 0 Å². The summed E-state index contributed by atoms with van der Waals surface area (Å²) in [6, 6.07) is 8.97. The van der Waals surface area contributed by atoms with E-state index in [2.05, 4.69) is 9.71 Å². The molecule has 0 aliphatic heterocycles. The number of hydrogen-bond donors (Lipinski definition) is 1. The second-order valence-corrected chi connectivity index (χ2v) is 7.39. The zero-order chi connectivity index (χ0) is 15.7. The molecule has 0 spiro atoms. The van der Waals surface area contributed by atoms with Crippen LogP contribution in [-0.2, 0) is 15.6 Å². The number of sulfonamides is 1. The summed E-state index contributed by atoms with van der Waals surface area (Å²) in [7, 11) is -3.59. The van der Waals surface area contributed by atoms with Gasteiger partial charge in [0, 0.05) is 12.4 Å². The summed E-state index contributed by atoms with van der Waals surface area (Å²) in [5.74, 6) is 0.